The molecule has 1 saturated heterocycles. The number of nitrogens with one attached hydrogen (secondary N) is 2. The van der Waals surface area contributed by atoms with Crippen LogP contribution in [-0.4, -0.2) is 40.3 Å². The minimum Gasteiger partial charge on any atom is -0.349 e. The van der Waals surface area contributed by atoms with Gasteiger partial charge in [0.25, 0.3) is 11.1 Å². The van der Waals surface area contributed by atoms with E-state index in [1.807, 2.05) is 19.9 Å². The molecule has 8 heteroatoms. The van der Waals surface area contributed by atoms with Gasteiger partial charge >= 0.3 is 0 Å². The predicted molar refractivity (Wildman–Crippen MR) is 98.4 cm³/mol. The van der Waals surface area contributed by atoms with Gasteiger partial charge in [-0.3, -0.25) is 24.2 Å². The first kappa shape index (κ1) is 20.1. The van der Waals surface area contributed by atoms with Gasteiger partial charge in [0.1, 0.15) is 0 Å². The molecule has 0 aliphatic carbocycles. The van der Waals surface area contributed by atoms with Crippen LogP contribution in [0.1, 0.15) is 32.3 Å². The maximum Gasteiger partial charge on any atom is 0.287 e. The number of amides is 2. The average molecular weight is 377 g/mol. The summed E-state index contributed by atoms with van der Waals surface area (Å²) in [5.41, 5.74) is 0.916. The van der Waals surface area contributed by atoms with Gasteiger partial charge in [-0.05, 0) is 24.0 Å². The van der Waals surface area contributed by atoms with Crippen molar-refractivity contribution in [3.05, 3.63) is 30.1 Å². The van der Waals surface area contributed by atoms with Gasteiger partial charge in [-0.15, -0.1) is 0 Å². The Hall–Kier alpha value is -2.22. The normalized spacial score (nSPS) is 18.3. The lowest BCUT2D eigenvalue weighted by molar-refractivity contribution is -0.143. The number of hydrogen-bond acceptors (Lipinski definition) is 6. The zero-order valence-electron chi connectivity index (χ0n) is 14.9. The van der Waals surface area contributed by atoms with Crippen LogP contribution in [0, 0.1) is 11.8 Å². The summed E-state index contributed by atoms with van der Waals surface area (Å²) >= 11 is 1.07. The Labute approximate surface area is 156 Å². The first-order valence-corrected chi connectivity index (χ1v) is 9.54. The van der Waals surface area contributed by atoms with E-state index >= 15 is 0 Å². The quantitative estimate of drug-likeness (QED) is 0.701. The summed E-state index contributed by atoms with van der Waals surface area (Å²) in [7, 11) is 0. The Morgan fingerprint density at radius 2 is 2.15 bits per heavy atom. The molecule has 0 bridgehead atoms. The lowest BCUT2D eigenvalue weighted by atomic mass is 9.87. The fourth-order valence-electron chi connectivity index (χ4n) is 2.75. The third-order valence-electron chi connectivity index (χ3n) is 4.20. The number of piperidine rings is 1. The third-order valence-corrected chi connectivity index (χ3v) is 5.06. The highest BCUT2D eigenvalue weighted by atomic mass is 32.2. The summed E-state index contributed by atoms with van der Waals surface area (Å²) < 4.78 is 0. The zero-order valence-corrected chi connectivity index (χ0v) is 15.7. The van der Waals surface area contributed by atoms with Crippen molar-refractivity contribution in [2.45, 2.75) is 38.5 Å². The molecule has 2 unspecified atom stereocenters. The number of thioether (sulfide) groups is 1. The number of rotatable bonds is 7. The highest BCUT2D eigenvalue weighted by Crippen LogP contribution is 2.19. The van der Waals surface area contributed by atoms with Gasteiger partial charge in [-0.2, -0.15) is 0 Å². The Balaban J connectivity index is 1.90. The van der Waals surface area contributed by atoms with Crippen LogP contribution < -0.4 is 10.6 Å². The first-order chi connectivity index (χ1) is 12.4. The van der Waals surface area contributed by atoms with Crippen LogP contribution in [0.25, 0.3) is 0 Å². The highest BCUT2D eigenvalue weighted by Gasteiger charge is 2.34. The predicted octanol–water partition coefficient (Wildman–Crippen LogP) is 1.71. The van der Waals surface area contributed by atoms with Crippen molar-refractivity contribution >= 4 is 34.5 Å². The molecule has 1 aliphatic heterocycles. The van der Waals surface area contributed by atoms with E-state index in [0.717, 1.165) is 17.3 Å². The molecule has 2 rings (SSSR count). The summed E-state index contributed by atoms with van der Waals surface area (Å²) in [5.74, 6) is -1.66. The van der Waals surface area contributed by atoms with Crippen LogP contribution in [0.4, 0.5) is 4.79 Å². The van der Waals surface area contributed by atoms with Crippen LogP contribution >= 0.6 is 11.8 Å². The fourth-order valence-corrected chi connectivity index (χ4v) is 3.43. The van der Waals surface area contributed by atoms with Crippen molar-refractivity contribution < 1.29 is 19.2 Å². The van der Waals surface area contributed by atoms with Crippen molar-refractivity contribution in [3.63, 3.8) is 0 Å². The minimum absolute atomic E-state index is 0.0251. The van der Waals surface area contributed by atoms with Crippen LogP contribution in [0.15, 0.2) is 24.5 Å². The number of hydrogen-bond donors (Lipinski definition) is 2. The van der Waals surface area contributed by atoms with E-state index in [9.17, 15) is 19.2 Å². The molecule has 2 N–H and O–H groups in total. The van der Waals surface area contributed by atoms with Gasteiger partial charge in [0.2, 0.25) is 5.78 Å². The molecule has 1 aromatic rings. The Morgan fingerprint density at radius 1 is 1.38 bits per heavy atom. The molecule has 1 fully saturated rings. The molecule has 26 heavy (non-hydrogen) atoms. The molecule has 2 atom stereocenters. The van der Waals surface area contributed by atoms with Gasteiger partial charge in [-0.1, -0.05) is 31.7 Å². The molecule has 2 amide bonds. The Morgan fingerprint density at radius 3 is 2.81 bits per heavy atom. The molecule has 7 nitrogen and oxygen atoms in total. The lowest BCUT2D eigenvalue weighted by Gasteiger charge is -2.25. The van der Waals surface area contributed by atoms with E-state index in [-0.39, 0.29) is 23.4 Å². The summed E-state index contributed by atoms with van der Waals surface area (Å²) in [6.45, 7) is 4.07. The monoisotopic (exact) mass is 377 g/mol. The average Bonchev–Trinajstić information content (AvgIpc) is 2.62. The molecule has 1 aliphatic rings. The van der Waals surface area contributed by atoms with Crippen molar-refractivity contribution in [1.82, 2.24) is 15.6 Å². The van der Waals surface area contributed by atoms with Crippen LogP contribution in [0.2, 0.25) is 0 Å². The number of pyridine rings is 1. The van der Waals surface area contributed by atoms with E-state index in [0.29, 0.717) is 18.7 Å². The Kier molecular flexibility index (Phi) is 7.32. The number of carbonyl (C=O) groups excluding carboxylic acids is 4. The van der Waals surface area contributed by atoms with Gasteiger partial charge in [-0.25, -0.2) is 0 Å². The maximum absolute atomic E-state index is 12.6. The van der Waals surface area contributed by atoms with Crippen LogP contribution in [0.5, 0.6) is 0 Å². The van der Waals surface area contributed by atoms with Gasteiger partial charge in [0.05, 0.1) is 6.04 Å². The van der Waals surface area contributed by atoms with Gasteiger partial charge in [0, 0.05) is 37.0 Å². The number of aromatic nitrogens is 1. The standard InChI is InChI=1S/C18H23N3O4S/c1-11(2)15(14(22)8-13-5-7-20-17(24)16(13)23)21-18(25)26-10-12-4-3-6-19-9-12/h3-4,6,9,11,13,15H,5,7-8,10H2,1-2H3,(H,20,24)(H,21,25). The summed E-state index contributed by atoms with van der Waals surface area (Å²) in [4.78, 5) is 52.1. The van der Waals surface area contributed by atoms with E-state index in [4.69, 9.17) is 0 Å². The smallest absolute Gasteiger partial charge is 0.287 e. The van der Waals surface area contributed by atoms with Crippen LogP contribution in [-0.2, 0) is 20.1 Å². The third kappa shape index (κ3) is 5.66. The second-order valence-corrected chi connectivity index (χ2v) is 7.53. The second kappa shape index (κ2) is 9.47. The number of carbonyl (C=O) groups is 4. The molecule has 0 aromatic carbocycles. The highest BCUT2D eigenvalue weighted by molar-refractivity contribution is 8.12. The Bertz CT molecular complexity index is 678. The maximum atomic E-state index is 12.6. The van der Waals surface area contributed by atoms with E-state index < -0.39 is 23.7 Å². The SMILES string of the molecule is CC(C)C(NC(=O)SCc1cccnc1)C(=O)CC1CCNC(=O)C1=O. The zero-order chi connectivity index (χ0) is 19.1. The van der Waals surface area contributed by atoms with Crippen LogP contribution in [0.3, 0.4) is 0 Å². The first-order valence-electron chi connectivity index (χ1n) is 8.55. The largest absolute Gasteiger partial charge is 0.349 e. The summed E-state index contributed by atoms with van der Waals surface area (Å²) in [6.07, 6.45) is 3.77. The number of Topliss-reactive ketones (excluding diaryl/α,β-unsaturated/α-hetero) is 2. The fraction of sp³-hybridized carbons (Fsp3) is 0.500. The molecule has 2 heterocycles. The van der Waals surface area contributed by atoms with Crippen molar-refractivity contribution in [1.29, 1.82) is 0 Å². The van der Waals surface area contributed by atoms with Gasteiger partial charge < -0.3 is 10.6 Å². The van der Waals surface area contributed by atoms with Crippen molar-refractivity contribution in [2.75, 3.05) is 6.54 Å². The van der Waals surface area contributed by atoms with E-state index in [2.05, 4.69) is 15.6 Å². The second-order valence-electron chi connectivity index (χ2n) is 6.58. The molecule has 0 radical (unpaired) electrons. The minimum atomic E-state index is -0.679. The van der Waals surface area contributed by atoms with E-state index in [1.54, 1.807) is 18.5 Å². The molecule has 0 spiro atoms. The number of ketones is 2. The van der Waals surface area contributed by atoms with Crippen molar-refractivity contribution in [3.8, 4) is 0 Å². The lowest BCUT2D eigenvalue weighted by Crippen LogP contribution is -2.47. The molecule has 140 valence electrons. The van der Waals surface area contributed by atoms with Crippen molar-refractivity contribution in [2.24, 2.45) is 11.8 Å². The molecular weight excluding hydrogens is 354 g/mol. The summed E-state index contributed by atoms with van der Waals surface area (Å²) in [5, 5.41) is 4.92. The molecule has 0 saturated carbocycles. The van der Waals surface area contributed by atoms with E-state index in [1.165, 1.54) is 0 Å². The number of nitrogens with zero attached hydrogens (tertiary/aromatic N) is 1. The topological polar surface area (TPSA) is 105 Å². The summed E-state index contributed by atoms with van der Waals surface area (Å²) in [6, 6.07) is 2.99. The molecular formula is C18H23N3O4S. The molecule has 1 aromatic heterocycles. The van der Waals surface area contributed by atoms with Gasteiger partial charge in [0.15, 0.2) is 5.78 Å².